The number of hydrogen-bond acceptors (Lipinski definition) is 1. The molecule has 0 aliphatic rings. The first-order valence-electron chi connectivity index (χ1n) is 4.87. The predicted octanol–water partition coefficient (Wildman–Crippen LogP) is 3.84. The van der Waals surface area contributed by atoms with Crippen LogP contribution in [0.1, 0.15) is 10.4 Å². The van der Waals surface area contributed by atoms with Crippen molar-refractivity contribution in [1.82, 2.24) is 0 Å². The van der Waals surface area contributed by atoms with Crippen LogP contribution >= 0.6 is 11.6 Å². The van der Waals surface area contributed by atoms with Gasteiger partial charge in [0.05, 0.1) is 10.6 Å². The van der Waals surface area contributed by atoms with E-state index in [1.165, 1.54) is 30.3 Å². The molecular weight excluding hydrogens is 243 g/mol. The van der Waals surface area contributed by atoms with E-state index in [1.807, 2.05) is 0 Å². The van der Waals surface area contributed by atoms with Gasteiger partial charge in [-0.1, -0.05) is 23.7 Å². The zero-order chi connectivity index (χ0) is 12.4. The molecule has 0 heterocycles. The number of hydrogen-bond donors (Lipinski definition) is 1. The smallest absolute Gasteiger partial charge is 0.335 e. The summed E-state index contributed by atoms with van der Waals surface area (Å²) in [6.45, 7) is 0. The lowest BCUT2D eigenvalue weighted by Gasteiger charge is -2.05. The third-order valence-electron chi connectivity index (χ3n) is 2.35. The molecule has 1 N–H and O–H groups in total. The molecule has 0 spiro atoms. The maximum atomic E-state index is 12.9. The molecule has 2 nitrogen and oxygen atoms in total. The second kappa shape index (κ2) is 4.55. The van der Waals surface area contributed by atoms with Crippen molar-refractivity contribution in [3.05, 3.63) is 58.9 Å². The summed E-state index contributed by atoms with van der Waals surface area (Å²) in [5.41, 5.74) is 1.42. The molecule has 0 aliphatic heterocycles. The molecule has 2 aromatic rings. The molecule has 0 aliphatic carbocycles. The van der Waals surface area contributed by atoms with E-state index in [2.05, 4.69) is 0 Å². The molecule has 0 unspecified atom stereocenters. The summed E-state index contributed by atoms with van der Waals surface area (Å²) in [7, 11) is 0. The van der Waals surface area contributed by atoms with Gasteiger partial charge in [-0.15, -0.1) is 0 Å². The number of rotatable bonds is 2. The van der Waals surface area contributed by atoms with Crippen LogP contribution in [0.5, 0.6) is 0 Å². The van der Waals surface area contributed by atoms with Crippen molar-refractivity contribution in [2.24, 2.45) is 0 Å². The largest absolute Gasteiger partial charge is 0.478 e. The van der Waals surface area contributed by atoms with E-state index in [4.69, 9.17) is 16.7 Å². The van der Waals surface area contributed by atoms with Gasteiger partial charge in [0.1, 0.15) is 5.82 Å². The Balaban J connectivity index is 2.53. The maximum Gasteiger partial charge on any atom is 0.335 e. The third-order valence-corrected chi connectivity index (χ3v) is 2.66. The van der Waals surface area contributed by atoms with Crippen LogP contribution < -0.4 is 0 Å². The average molecular weight is 251 g/mol. The first kappa shape index (κ1) is 11.6. The molecule has 0 radical (unpaired) electrons. The number of aromatic carboxylic acids is 1. The second-order valence-corrected chi connectivity index (χ2v) is 3.92. The summed E-state index contributed by atoms with van der Waals surface area (Å²) in [6.07, 6.45) is 0. The number of carboxylic acid groups (broad SMARTS) is 1. The third kappa shape index (κ3) is 2.45. The summed E-state index contributed by atoms with van der Waals surface area (Å²) in [5.74, 6) is -1.43. The van der Waals surface area contributed by atoms with Crippen LogP contribution in [-0.2, 0) is 0 Å². The Labute approximate surface area is 102 Å². The van der Waals surface area contributed by atoms with E-state index in [0.29, 0.717) is 11.1 Å². The molecule has 0 fully saturated rings. The topological polar surface area (TPSA) is 37.3 Å². The van der Waals surface area contributed by atoms with Gasteiger partial charge >= 0.3 is 5.97 Å². The monoisotopic (exact) mass is 250 g/mol. The number of halogens is 2. The van der Waals surface area contributed by atoms with E-state index >= 15 is 0 Å². The van der Waals surface area contributed by atoms with Crippen molar-refractivity contribution >= 4 is 17.6 Å². The molecule has 86 valence electrons. The Morgan fingerprint density at radius 2 is 1.94 bits per heavy atom. The van der Waals surface area contributed by atoms with Crippen molar-refractivity contribution < 1.29 is 14.3 Å². The van der Waals surface area contributed by atoms with Gasteiger partial charge in [0.25, 0.3) is 0 Å². The first-order chi connectivity index (χ1) is 8.08. The summed E-state index contributed by atoms with van der Waals surface area (Å²) in [4.78, 5) is 10.8. The van der Waals surface area contributed by atoms with Crippen LogP contribution in [0.15, 0.2) is 42.5 Å². The second-order valence-electron chi connectivity index (χ2n) is 3.51. The van der Waals surface area contributed by atoms with Crippen molar-refractivity contribution in [3.8, 4) is 11.1 Å². The van der Waals surface area contributed by atoms with Gasteiger partial charge in [-0.05, 0) is 35.9 Å². The molecule has 0 amide bonds. The SMILES string of the molecule is O=C(O)c1cccc(-c2ccc(F)cc2Cl)c1. The molecule has 4 heteroatoms. The van der Waals surface area contributed by atoms with Gasteiger partial charge in [-0.25, -0.2) is 9.18 Å². The minimum atomic E-state index is -1.01. The lowest BCUT2D eigenvalue weighted by atomic mass is 10.0. The molecule has 0 atom stereocenters. The fraction of sp³-hybridized carbons (Fsp3) is 0. The molecular formula is C13H8ClFO2. The average Bonchev–Trinajstić information content (AvgIpc) is 2.29. The van der Waals surface area contributed by atoms with Crippen LogP contribution in [0.25, 0.3) is 11.1 Å². The summed E-state index contributed by atoms with van der Waals surface area (Å²) >= 11 is 5.91. The van der Waals surface area contributed by atoms with E-state index in [9.17, 15) is 9.18 Å². The zero-order valence-electron chi connectivity index (χ0n) is 8.65. The minimum Gasteiger partial charge on any atom is -0.478 e. The van der Waals surface area contributed by atoms with Crippen LogP contribution in [-0.4, -0.2) is 11.1 Å². The van der Waals surface area contributed by atoms with Gasteiger partial charge in [0.2, 0.25) is 0 Å². The van der Waals surface area contributed by atoms with E-state index in [1.54, 1.807) is 12.1 Å². The molecule has 0 bridgehead atoms. The fourth-order valence-corrected chi connectivity index (χ4v) is 1.82. The Bertz CT molecular complexity index is 581. The standard InChI is InChI=1S/C13H8ClFO2/c14-12-7-10(15)4-5-11(12)8-2-1-3-9(6-8)13(16)17/h1-7H,(H,16,17). The summed E-state index contributed by atoms with van der Waals surface area (Å²) in [6, 6.07) is 10.4. The van der Waals surface area contributed by atoms with Crippen molar-refractivity contribution in [2.75, 3.05) is 0 Å². The van der Waals surface area contributed by atoms with E-state index in [0.717, 1.165) is 0 Å². The van der Waals surface area contributed by atoms with Crippen LogP contribution in [0.4, 0.5) is 4.39 Å². The normalized spacial score (nSPS) is 10.2. The number of carbonyl (C=O) groups is 1. The molecule has 0 saturated heterocycles. The highest BCUT2D eigenvalue weighted by Gasteiger charge is 2.08. The molecule has 17 heavy (non-hydrogen) atoms. The van der Waals surface area contributed by atoms with Crippen molar-refractivity contribution in [2.45, 2.75) is 0 Å². The first-order valence-corrected chi connectivity index (χ1v) is 5.24. The van der Waals surface area contributed by atoms with Gasteiger partial charge in [0, 0.05) is 5.56 Å². The predicted molar refractivity (Wildman–Crippen MR) is 63.8 cm³/mol. The van der Waals surface area contributed by atoms with E-state index < -0.39 is 11.8 Å². The summed E-state index contributed by atoms with van der Waals surface area (Å²) < 4.78 is 12.9. The van der Waals surface area contributed by atoms with Gasteiger partial charge in [-0.2, -0.15) is 0 Å². The fourth-order valence-electron chi connectivity index (χ4n) is 1.54. The highest BCUT2D eigenvalue weighted by molar-refractivity contribution is 6.33. The maximum absolute atomic E-state index is 12.9. The summed E-state index contributed by atoms with van der Waals surface area (Å²) in [5, 5.41) is 9.13. The van der Waals surface area contributed by atoms with Crippen molar-refractivity contribution in [3.63, 3.8) is 0 Å². The Kier molecular flexibility index (Phi) is 3.11. The van der Waals surface area contributed by atoms with Crippen LogP contribution in [0.3, 0.4) is 0 Å². The minimum absolute atomic E-state index is 0.169. The lowest BCUT2D eigenvalue weighted by Crippen LogP contribution is -1.95. The highest BCUT2D eigenvalue weighted by atomic mass is 35.5. The van der Waals surface area contributed by atoms with Gasteiger partial charge in [-0.3, -0.25) is 0 Å². The van der Waals surface area contributed by atoms with Crippen molar-refractivity contribution in [1.29, 1.82) is 0 Å². The van der Waals surface area contributed by atoms with Gasteiger partial charge in [0.15, 0.2) is 0 Å². The van der Waals surface area contributed by atoms with Crippen LogP contribution in [0, 0.1) is 5.82 Å². The van der Waals surface area contributed by atoms with E-state index in [-0.39, 0.29) is 10.6 Å². The Morgan fingerprint density at radius 3 is 2.59 bits per heavy atom. The van der Waals surface area contributed by atoms with Gasteiger partial charge < -0.3 is 5.11 Å². The Hall–Kier alpha value is -1.87. The zero-order valence-corrected chi connectivity index (χ0v) is 9.41. The number of carboxylic acids is 1. The number of benzene rings is 2. The Morgan fingerprint density at radius 1 is 1.18 bits per heavy atom. The lowest BCUT2D eigenvalue weighted by molar-refractivity contribution is 0.0697. The molecule has 2 rings (SSSR count). The molecule has 0 aromatic heterocycles. The highest BCUT2D eigenvalue weighted by Crippen LogP contribution is 2.28. The quantitative estimate of drug-likeness (QED) is 0.879. The molecule has 2 aromatic carbocycles. The van der Waals surface area contributed by atoms with Crippen LogP contribution in [0.2, 0.25) is 5.02 Å². The molecule has 0 saturated carbocycles.